The molecule has 0 fully saturated rings. The van der Waals surface area contributed by atoms with E-state index in [-0.39, 0.29) is 5.91 Å². The largest absolute Gasteiger partial charge is 0.331 e. The molecule has 3 nitrogen and oxygen atoms in total. The van der Waals surface area contributed by atoms with Gasteiger partial charge in [0, 0.05) is 19.7 Å². The number of nitrogens with zero attached hydrogens (tertiary/aromatic N) is 1. The second-order valence-corrected chi connectivity index (χ2v) is 2.61. The Morgan fingerprint density at radius 2 is 2.13 bits per heavy atom. The van der Waals surface area contributed by atoms with Crippen molar-refractivity contribution < 1.29 is 4.79 Å². The van der Waals surface area contributed by atoms with E-state index in [0.717, 1.165) is 6.54 Å². The van der Waals surface area contributed by atoms with E-state index in [0.29, 0.717) is 13.1 Å². The van der Waals surface area contributed by atoms with Crippen molar-refractivity contribution in [1.29, 1.82) is 0 Å². The summed E-state index contributed by atoms with van der Waals surface area (Å²) in [6.07, 6.45) is 8.38. The molecule has 0 aliphatic heterocycles. The zero-order valence-corrected chi connectivity index (χ0v) is 10.2. The van der Waals surface area contributed by atoms with Gasteiger partial charge in [-0.1, -0.05) is 32.8 Å². The highest BCUT2D eigenvalue weighted by molar-refractivity contribution is 5.87. The van der Waals surface area contributed by atoms with E-state index in [4.69, 9.17) is 6.42 Å². The highest BCUT2D eigenvalue weighted by Crippen LogP contribution is 1.85. The predicted molar refractivity (Wildman–Crippen MR) is 65.5 cm³/mol. The first-order valence-electron chi connectivity index (χ1n) is 5.28. The van der Waals surface area contributed by atoms with E-state index >= 15 is 0 Å². The molecule has 0 aliphatic rings. The molecule has 0 aliphatic carbocycles. The third-order valence-electron chi connectivity index (χ3n) is 1.48. The van der Waals surface area contributed by atoms with Crippen molar-refractivity contribution in [3.63, 3.8) is 0 Å². The molecule has 0 radical (unpaired) electrons. The standard InChI is InChI=1S/C10H16N2O.C2H6/c1-4-9-12(3)10(13)7-6-8-11-5-2;1-2/h1,6-7,11H,5,8-9H2,2-3H3;1-2H3/b7-6+;. The smallest absolute Gasteiger partial charge is 0.246 e. The maximum Gasteiger partial charge on any atom is 0.246 e. The summed E-state index contributed by atoms with van der Waals surface area (Å²) in [6.45, 7) is 7.98. The third-order valence-corrected chi connectivity index (χ3v) is 1.48. The number of nitrogens with one attached hydrogen (secondary N) is 1. The summed E-state index contributed by atoms with van der Waals surface area (Å²) < 4.78 is 0. The van der Waals surface area contributed by atoms with Crippen LogP contribution in [0.2, 0.25) is 0 Å². The normalized spacial score (nSPS) is 9.00. The van der Waals surface area contributed by atoms with E-state index in [9.17, 15) is 4.79 Å². The molecule has 0 rings (SSSR count). The molecule has 1 amide bonds. The Balaban J connectivity index is 0. The Hall–Kier alpha value is -1.27. The van der Waals surface area contributed by atoms with Crippen LogP contribution in [0.1, 0.15) is 20.8 Å². The molecule has 15 heavy (non-hydrogen) atoms. The predicted octanol–water partition coefficient (Wildman–Crippen LogP) is 1.27. The van der Waals surface area contributed by atoms with Crippen LogP contribution in [-0.4, -0.2) is 37.5 Å². The lowest BCUT2D eigenvalue weighted by Crippen LogP contribution is -2.25. The van der Waals surface area contributed by atoms with Crippen molar-refractivity contribution >= 4 is 5.91 Å². The van der Waals surface area contributed by atoms with Gasteiger partial charge in [0.25, 0.3) is 0 Å². The fourth-order valence-corrected chi connectivity index (χ4v) is 0.730. The summed E-state index contributed by atoms with van der Waals surface area (Å²) in [5.74, 6) is 2.35. The number of hydrogen-bond donors (Lipinski definition) is 1. The highest BCUT2D eigenvalue weighted by atomic mass is 16.2. The van der Waals surface area contributed by atoms with Crippen LogP contribution >= 0.6 is 0 Å². The zero-order chi connectivity index (χ0) is 12.1. The van der Waals surface area contributed by atoms with Crippen LogP contribution < -0.4 is 5.32 Å². The van der Waals surface area contributed by atoms with Crippen molar-refractivity contribution in [3.05, 3.63) is 12.2 Å². The SMILES string of the molecule is C#CCN(C)C(=O)/C=C/CNCC.CC. The molecule has 0 aromatic rings. The zero-order valence-electron chi connectivity index (χ0n) is 10.2. The Morgan fingerprint density at radius 1 is 1.53 bits per heavy atom. The molecular formula is C12H22N2O. The summed E-state index contributed by atoms with van der Waals surface area (Å²) >= 11 is 0. The van der Waals surface area contributed by atoms with Crippen LogP contribution in [0, 0.1) is 12.3 Å². The lowest BCUT2D eigenvalue weighted by atomic mass is 10.4. The molecule has 0 unspecified atom stereocenters. The maximum atomic E-state index is 11.2. The summed E-state index contributed by atoms with van der Waals surface area (Å²) in [6, 6.07) is 0. The summed E-state index contributed by atoms with van der Waals surface area (Å²) in [5, 5.41) is 3.08. The summed E-state index contributed by atoms with van der Waals surface area (Å²) in [5.41, 5.74) is 0. The Bertz CT molecular complexity index is 216. The number of rotatable bonds is 5. The second kappa shape index (κ2) is 12.7. The van der Waals surface area contributed by atoms with Crippen LogP contribution in [0.5, 0.6) is 0 Å². The number of terminal acetylenes is 1. The van der Waals surface area contributed by atoms with Gasteiger partial charge in [-0.05, 0) is 6.54 Å². The van der Waals surface area contributed by atoms with E-state index in [2.05, 4.69) is 11.2 Å². The Morgan fingerprint density at radius 3 is 2.60 bits per heavy atom. The first-order valence-corrected chi connectivity index (χ1v) is 5.28. The monoisotopic (exact) mass is 210 g/mol. The minimum absolute atomic E-state index is 0.0594. The first-order chi connectivity index (χ1) is 7.22. The van der Waals surface area contributed by atoms with Crippen LogP contribution in [0.15, 0.2) is 12.2 Å². The Labute approximate surface area is 93.5 Å². The summed E-state index contributed by atoms with van der Waals surface area (Å²) in [4.78, 5) is 12.7. The van der Waals surface area contributed by atoms with Crippen molar-refractivity contribution in [3.8, 4) is 12.3 Å². The average molecular weight is 210 g/mol. The number of carbonyl (C=O) groups is 1. The minimum Gasteiger partial charge on any atom is -0.331 e. The number of amides is 1. The molecule has 3 heteroatoms. The van der Waals surface area contributed by atoms with Gasteiger partial charge in [0.1, 0.15) is 0 Å². The van der Waals surface area contributed by atoms with E-state index in [1.54, 1.807) is 13.1 Å². The molecule has 0 spiro atoms. The fraction of sp³-hybridized carbons (Fsp3) is 0.583. The molecule has 0 bridgehead atoms. The molecule has 0 aromatic carbocycles. The summed E-state index contributed by atoms with van der Waals surface area (Å²) in [7, 11) is 1.68. The van der Waals surface area contributed by atoms with Crippen LogP contribution in [0.25, 0.3) is 0 Å². The molecule has 0 atom stereocenters. The van der Waals surface area contributed by atoms with Crippen LogP contribution in [0.4, 0.5) is 0 Å². The maximum absolute atomic E-state index is 11.2. The number of carbonyl (C=O) groups excluding carboxylic acids is 1. The lowest BCUT2D eigenvalue weighted by Gasteiger charge is -2.09. The lowest BCUT2D eigenvalue weighted by molar-refractivity contribution is -0.124. The molecule has 0 aromatic heterocycles. The van der Waals surface area contributed by atoms with Gasteiger partial charge in [-0.15, -0.1) is 6.42 Å². The topological polar surface area (TPSA) is 32.3 Å². The highest BCUT2D eigenvalue weighted by Gasteiger charge is 2.00. The van der Waals surface area contributed by atoms with E-state index in [1.807, 2.05) is 20.8 Å². The van der Waals surface area contributed by atoms with Gasteiger partial charge in [0.2, 0.25) is 5.91 Å². The van der Waals surface area contributed by atoms with Gasteiger partial charge in [-0.25, -0.2) is 0 Å². The average Bonchev–Trinajstić information content (AvgIpc) is 2.27. The van der Waals surface area contributed by atoms with E-state index in [1.165, 1.54) is 11.0 Å². The van der Waals surface area contributed by atoms with E-state index < -0.39 is 0 Å². The van der Waals surface area contributed by atoms with Gasteiger partial charge in [0.15, 0.2) is 0 Å². The minimum atomic E-state index is -0.0594. The molecule has 0 saturated heterocycles. The molecule has 86 valence electrons. The van der Waals surface area contributed by atoms with Crippen molar-refractivity contribution in [2.75, 3.05) is 26.7 Å². The van der Waals surface area contributed by atoms with Crippen molar-refractivity contribution in [2.24, 2.45) is 0 Å². The number of likely N-dealkylation sites (N-methyl/N-ethyl adjacent to an activating group) is 2. The van der Waals surface area contributed by atoms with Gasteiger partial charge in [-0.2, -0.15) is 0 Å². The first kappa shape index (κ1) is 16.2. The van der Waals surface area contributed by atoms with Crippen molar-refractivity contribution in [2.45, 2.75) is 20.8 Å². The van der Waals surface area contributed by atoms with Crippen molar-refractivity contribution in [1.82, 2.24) is 10.2 Å². The Kier molecular flexibility index (Phi) is 13.7. The van der Waals surface area contributed by atoms with Crippen LogP contribution in [0.3, 0.4) is 0 Å². The van der Waals surface area contributed by atoms with Gasteiger partial charge < -0.3 is 10.2 Å². The fourth-order valence-electron chi connectivity index (χ4n) is 0.730. The molecular weight excluding hydrogens is 188 g/mol. The van der Waals surface area contributed by atoms with Gasteiger partial charge in [-0.3, -0.25) is 4.79 Å². The number of hydrogen-bond acceptors (Lipinski definition) is 2. The van der Waals surface area contributed by atoms with Crippen LogP contribution in [-0.2, 0) is 4.79 Å². The molecule has 0 heterocycles. The molecule has 0 saturated carbocycles. The van der Waals surface area contributed by atoms with Gasteiger partial charge in [0.05, 0.1) is 6.54 Å². The van der Waals surface area contributed by atoms with Gasteiger partial charge >= 0.3 is 0 Å². The quantitative estimate of drug-likeness (QED) is 0.421. The second-order valence-electron chi connectivity index (χ2n) is 2.61. The third kappa shape index (κ3) is 10.7. The molecule has 1 N–H and O–H groups in total.